The molecule has 1 heterocycles. The molecule has 98 valence electrons. The summed E-state index contributed by atoms with van der Waals surface area (Å²) >= 11 is 0. The lowest BCUT2D eigenvalue weighted by Crippen LogP contribution is -2.48. The molecule has 17 heavy (non-hydrogen) atoms. The molecule has 1 N–H and O–H groups in total. The van der Waals surface area contributed by atoms with E-state index in [2.05, 4.69) is 19.2 Å². The van der Waals surface area contributed by atoms with Gasteiger partial charge in [-0.15, -0.1) is 0 Å². The van der Waals surface area contributed by atoms with Gasteiger partial charge in [0.15, 0.2) is 0 Å². The number of piperidine rings is 1. The highest BCUT2D eigenvalue weighted by Crippen LogP contribution is 2.13. The van der Waals surface area contributed by atoms with Crippen molar-refractivity contribution in [2.24, 2.45) is 0 Å². The predicted molar refractivity (Wildman–Crippen MR) is 67.6 cm³/mol. The standard InChI is InChI=1S/C13H24N2O2/c1-3-6-11(14-9-4-2)10-15-12(16)7-5-8-13(15)17/h11,14H,3-10H2,1-2H3. The zero-order valence-corrected chi connectivity index (χ0v) is 11.0. The summed E-state index contributed by atoms with van der Waals surface area (Å²) in [6.45, 7) is 5.74. The normalized spacial score (nSPS) is 18.6. The fourth-order valence-electron chi connectivity index (χ4n) is 2.18. The smallest absolute Gasteiger partial charge is 0.229 e. The summed E-state index contributed by atoms with van der Waals surface area (Å²) in [5.74, 6) is 0.00121. The topological polar surface area (TPSA) is 49.4 Å². The van der Waals surface area contributed by atoms with Gasteiger partial charge in [-0.25, -0.2) is 0 Å². The number of rotatable bonds is 7. The van der Waals surface area contributed by atoms with Crippen molar-refractivity contribution in [2.75, 3.05) is 13.1 Å². The van der Waals surface area contributed by atoms with Gasteiger partial charge in [-0.3, -0.25) is 14.5 Å². The second-order valence-corrected chi connectivity index (χ2v) is 4.69. The first-order chi connectivity index (χ1) is 8.19. The average molecular weight is 240 g/mol. The van der Waals surface area contributed by atoms with Crippen LogP contribution in [0.4, 0.5) is 0 Å². The number of likely N-dealkylation sites (tertiary alicyclic amines) is 1. The monoisotopic (exact) mass is 240 g/mol. The molecule has 0 aromatic carbocycles. The van der Waals surface area contributed by atoms with Crippen LogP contribution >= 0.6 is 0 Å². The Bertz CT molecular complexity index is 250. The lowest BCUT2D eigenvalue weighted by molar-refractivity contribution is -0.148. The molecule has 1 saturated heterocycles. The van der Waals surface area contributed by atoms with Crippen LogP contribution in [-0.4, -0.2) is 35.8 Å². The fraction of sp³-hybridized carbons (Fsp3) is 0.846. The SMILES string of the molecule is CCCNC(CCC)CN1C(=O)CCCC1=O. The van der Waals surface area contributed by atoms with E-state index in [-0.39, 0.29) is 17.9 Å². The maximum Gasteiger partial charge on any atom is 0.229 e. The molecule has 1 atom stereocenters. The molecule has 2 amide bonds. The second kappa shape index (κ2) is 7.43. The molecular formula is C13H24N2O2. The van der Waals surface area contributed by atoms with Gasteiger partial charge in [-0.1, -0.05) is 20.3 Å². The molecule has 0 radical (unpaired) electrons. The van der Waals surface area contributed by atoms with Gasteiger partial charge in [-0.2, -0.15) is 0 Å². The molecule has 1 aliphatic rings. The first-order valence-corrected chi connectivity index (χ1v) is 6.75. The molecule has 0 aliphatic carbocycles. The van der Waals surface area contributed by atoms with Gasteiger partial charge in [0, 0.05) is 25.4 Å². The van der Waals surface area contributed by atoms with Crippen LogP contribution in [-0.2, 0) is 9.59 Å². The summed E-state index contributed by atoms with van der Waals surface area (Å²) in [7, 11) is 0. The van der Waals surface area contributed by atoms with Gasteiger partial charge < -0.3 is 5.32 Å². The lowest BCUT2D eigenvalue weighted by Gasteiger charge is -2.29. The van der Waals surface area contributed by atoms with E-state index in [1.54, 1.807) is 0 Å². The Hall–Kier alpha value is -0.900. The number of carbonyl (C=O) groups is 2. The van der Waals surface area contributed by atoms with Crippen molar-refractivity contribution in [1.29, 1.82) is 0 Å². The highest BCUT2D eigenvalue weighted by molar-refractivity contribution is 5.97. The van der Waals surface area contributed by atoms with E-state index in [9.17, 15) is 9.59 Å². The summed E-state index contributed by atoms with van der Waals surface area (Å²) in [6, 6.07) is 0.256. The minimum Gasteiger partial charge on any atom is -0.312 e. The molecule has 4 nitrogen and oxygen atoms in total. The van der Waals surface area contributed by atoms with Crippen LogP contribution in [0, 0.1) is 0 Å². The number of nitrogens with zero attached hydrogens (tertiary/aromatic N) is 1. The molecule has 1 aliphatic heterocycles. The van der Waals surface area contributed by atoms with Crippen LogP contribution in [0.5, 0.6) is 0 Å². The zero-order chi connectivity index (χ0) is 12.7. The first kappa shape index (κ1) is 14.2. The maximum absolute atomic E-state index is 11.7. The largest absolute Gasteiger partial charge is 0.312 e. The van der Waals surface area contributed by atoms with Crippen LogP contribution in [0.25, 0.3) is 0 Å². The van der Waals surface area contributed by atoms with Crippen molar-refractivity contribution in [3.63, 3.8) is 0 Å². The van der Waals surface area contributed by atoms with Gasteiger partial charge in [0.05, 0.1) is 0 Å². The Morgan fingerprint density at radius 1 is 1.18 bits per heavy atom. The number of hydrogen-bond acceptors (Lipinski definition) is 3. The van der Waals surface area contributed by atoms with E-state index in [0.29, 0.717) is 19.4 Å². The predicted octanol–water partition coefficient (Wildman–Crippen LogP) is 1.69. The molecule has 1 fully saturated rings. The Morgan fingerprint density at radius 2 is 1.82 bits per heavy atom. The number of nitrogens with one attached hydrogen (secondary N) is 1. The Morgan fingerprint density at radius 3 is 2.35 bits per heavy atom. The molecule has 0 bridgehead atoms. The minimum absolute atomic E-state index is 0.000603. The highest BCUT2D eigenvalue weighted by atomic mass is 16.2. The third kappa shape index (κ3) is 4.46. The molecule has 0 aromatic heterocycles. The number of carbonyl (C=O) groups excluding carboxylic acids is 2. The van der Waals surface area contributed by atoms with Crippen LogP contribution in [0.1, 0.15) is 52.4 Å². The molecular weight excluding hydrogens is 216 g/mol. The minimum atomic E-state index is 0.000603. The zero-order valence-electron chi connectivity index (χ0n) is 11.0. The summed E-state index contributed by atoms with van der Waals surface area (Å²) in [5.41, 5.74) is 0. The third-order valence-corrected chi connectivity index (χ3v) is 3.11. The van der Waals surface area contributed by atoms with Crippen molar-refractivity contribution < 1.29 is 9.59 Å². The van der Waals surface area contributed by atoms with Gasteiger partial charge in [0.25, 0.3) is 0 Å². The van der Waals surface area contributed by atoms with Crippen LogP contribution in [0.3, 0.4) is 0 Å². The Balaban J connectivity index is 2.51. The molecule has 0 saturated carbocycles. The van der Waals surface area contributed by atoms with Gasteiger partial charge in [-0.05, 0) is 25.8 Å². The summed E-state index contributed by atoms with van der Waals surface area (Å²) < 4.78 is 0. The second-order valence-electron chi connectivity index (χ2n) is 4.69. The summed E-state index contributed by atoms with van der Waals surface area (Å²) in [6.07, 6.45) is 4.92. The van der Waals surface area contributed by atoms with Gasteiger partial charge in [0.1, 0.15) is 0 Å². The Kier molecular flexibility index (Phi) is 6.19. The van der Waals surface area contributed by atoms with E-state index in [1.807, 2.05) is 0 Å². The fourth-order valence-corrected chi connectivity index (χ4v) is 2.18. The molecule has 0 aromatic rings. The summed E-state index contributed by atoms with van der Waals surface area (Å²) in [4.78, 5) is 24.8. The third-order valence-electron chi connectivity index (χ3n) is 3.11. The maximum atomic E-state index is 11.7. The highest BCUT2D eigenvalue weighted by Gasteiger charge is 2.27. The van der Waals surface area contributed by atoms with Crippen molar-refractivity contribution in [1.82, 2.24) is 10.2 Å². The van der Waals surface area contributed by atoms with E-state index in [1.165, 1.54) is 4.90 Å². The van der Waals surface area contributed by atoms with Crippen LogP contribution in [0.2, 0.25) is 0 Å². The molecule has 4 heteroatoms. The van der Waals surface area contributed by atoms with E-state index >= 15 is 0 Å². The Labute approximate surface area is 104 Å². The number of amides is 2. The van der Waals surface area contributed by atoms with Crippen LogP contribution < -0.4 is 5.32 Å². The van der Waals surface area contributed by atoms with Gasteiger partial charge in [0.2, 0.25) is 11.8 Å². The first-order valence-electron chi connectivity index (χ1n) is 6.75. The molecule has 1 rings (SSSR count). The average Bonchev–Trinajstić information content (AvgIpc) is 2.31. The van der Waals surface area contributed by atoms with Crippen molar-refractivity contribution >= 4 is 11.8 Å². The van der Waals surface area contributed by atoms with Crippen molar-refractivity contribution in [3.05, 3.63) is 0 Å². The summed E-state index contributed by atoms with van der Waals surface area (Å²) in [5, 5.41) is 3.41. The van der Waals surface area contributed by atoms with Gasteiger partial charge >= 0.3 is 0 Å². The lowest BCUT2D eigenvalue weighted by atomic mass is 10.1. The molecule has 1 unspecified atom stereocenters. The van der Waals surface area contributed by atoms with Crippen molar-refractivity contribution in [3.8, 4) is 0 Å². The van der Waals surface area contributed by atoms with E-state index in [4.69, 9.17) is 0 Å². The van der Waals surface area contributed by atoms with Crippen molar-refractivity contribution in [2.45, 2.75) is 58.4 Å². The number of hydrogen-bond donors (Lipinski definition) is 1. The quantitative estimate of drug-likeness (QED) is 0.689. The van der Waals surface area contributed by atoms with Crippen LogP contribution in [0.15, 0.2) is 0 Å². The molecule has 0 spiro atoms. The number of imide groups is 1. The van der Waals surface area contributed by atoms with E-state index < -0.39 is 0 Å². The van der Waals surface area contributed by atoms with E-state index in [0.717, 1.165) is 32.2 Å².